The van der Waals surface area contributed by atoms with Gasteiger partial charge in [0.2, 0.25) is 5.82 Å². The first-order chi connectivity index (χ1) is 15.8. The number of hydroxylamine groups is 2. The molecule has 1 aliphatic heterocycles. The molecular formula is C22H22ClFN6O3. The standard InChI is InChI=1S/C22H22ClFN6O3/c1-21(4-5-21)32-20(31)29-8-9-30(22(12-29)6-7-22)33-19-17(24)18(26-13-27-19)28-16-3-2-14(11-25)10-15(16)23/h2-3,10,13H,4-9,12H2,1H3,(H,26,27,28). The molecule has 172 valence electrons. The van der Waals surface area contributed by atoms with E-state index in [9.17, 15) is 4.79 Å². The lowest BCUT2D eigenvalue weighted by Gasteiger charge is -2.40. The Bertz CT molecular complexity index is 1150. The van der Waals surface area contributed by atoms with E-state index < -0.39 is 5.82 Å². The second kappa shape index (κ2) is 8.01. The SMILES string of the molecule is CC1(OC(=O)N2CCN(Oc3ncnc(Nc4ccc(C#N)cc4Cl)c3F)C3(CC3)C2)CC1. The molecule has 33 heavy (non-hydrogen) atoms. The van der Waals surface area contributed by atoms with Crippen LogP contribution in [0.2, 0.25) is 5.02 Å². The van der Waals surface area contributed by atoms with E-state index in [0.29, 0.717) is 30.9 Å². The van der Waals surface area contributed by atoms with Crippen molar-refractivity contribution in [3.63, 3.8) is 0 Å². The molecule has 0 bridgehead atoms. The fraction of sp³-hybridized carbons (Fsp3) is 0.455. The van der Waals surface area contributed by atoms with Gasteiger partial charge in [0.15, 0.2) is 5.82 Å². The Balaban J connectivity index is 1.27. The van der Waals surface area contributed by atoms with Gasteiger partial charge in [0.25, 0.3) is 5.88 Å². The number of piperazine rings is 1. The van der Waals surface area contributed by atoms with E-state index in [2.05, 4.69) is 15.3 Å². The van der Waals surface area contributed by atoms with Gasteiger partial charge in [0.05, 0.1) is 34.4 Å². The number of ether oxygens (including phenoxy) is 1. The van der Waals surface area contributed by atoms with E-state index in [1.807, 2.05) is 13.0 Å². The molecule has 1 N–H and O–H groups in total. The van der Waals surface area contributed by atoms with E-state index in [1.54, 1.807) is 22.1 Å². The third kappa shape index (κ3) is 4.38. The van der Waals surface area contributed by atoms with Gasteiger partial charge in [-0.1, -0.05) is 11.6 Å². The summed E-state index contributed by atoms with van der Waals surface area (Å²) in [4.78, 5) is 28.0. The molecule has 1 spiro atoms. The maximum absolute atomic E-state index is 15.1. The molecule has 11 heteroatoms. The molecule has 2 heterocycles. The van der Waals surface area contributed by atoms with Crippen molar-refractivity contribution in [3.05, 3.63) is 40.9 Å². The summed E-state index contributed by atoms with van der Waals surface area (Å²) in [7, 11) is 0. The Morgan fingerprint density at radius 3 is 2.73 bits per heavy atom. The largest absolute Gasteiger partial charge is 0.443 e. The van der Waals surface area contributed by atoms with Gasteiger partial charge in [0.1, 0.15) is 11.9 Å². The van der Waals surface area contributed by atoms with Crippen LogP contribution in [0.4, 0.5) is 20.7 Å². The highest BCUT2D eigenvalue weighted by Gasteiger charge is 2.55. The number of nitriles is 1. The van der Waals surface area contributed by atoms with Crippen LogP contribution in [0.5, 0.6) is 5.88 Å². The fourth-order valence-electron chi connectivity index (χ4n) is 3.79. The molecule has 1 saturated heterocycles. The molecule has 0 atom stereocenters. The number of amides is 1. The van der Waals surface area contributed by atoms with Crippen LogP contribution in [-0.2, 0) is 4.74 Å². The minimum Gasteiger partial charge on any atom is -0.443 e. The van der Waals surface area contributed by atoms with Crippen LogP contribution in [-0.4, -0.2) is 56.8 Å². The number of hydrogen-bond donors (Lipinski definition) is 1. The van der Waals surface area contributed by atoms with Crippen molar-refractivity contribution in [2.75, 3.05) is 25.0 Å². The first-order valence-electron chi connectivity index (χ1n) is 10.7. The highest BCUT2D eigenvalue weighted by molar-refractivity contribution is 6.33. The molecule has 2 aromatic rings. The molecule has 2 aliphatic carbocycles. The molecular weight excluding hydrogens is 451 g/mol. The number of nitrogens with zero attached hydrogens (tertiary/aromatic N) is 5. The minimum atomic E-state index is -0.766. The highest BCUT2D eigenvalue weighted by atomic mass is 35.5. The van der Waals surface area contributed by atoms with Gasteiger partial charge in [-0.05, 0) is 50.8 Å². The lowest BCUT2D eigenvalue weighted by molar-refractivity contribution is -0.142. The minimum absolute atomic E-state index is 0.101. The van der Waals surface area contributed by atoms with E-state index in [1.165, 1.54) is 12.4 Å². The Labute approximate surface area is 195 Å². The van der Waals surface area contributed by atoms with Gasteiger partial charge in [-0.2, -0.15) is 14.6 Å². The molecule has 1 amide bonds. The normalized spacial score (nSPS) is 20.1. The van der Waals surface area contributed by atoms with Crippen molar-refractivity contribution < 1.29 is 18.8 Å². The summed E-state index contributed by atoms with van der Waals surface area (Å²) in [5.74, 6) is -1.08. The zero-order chi connectivity index (χ0) is 23.2. The number of rotatable bonds is 5. The Morgan fingerprint density at radius 2 is 2.06 bits per heavy atom. The lowest BCUT2D eigenvalue weighted by atomic mass is 10.2. The number of carbonyl (C=O) groups is 1. The topological polar surface area (TPSA) is 104 Å². The van der Waals surface area contributed by atoms with Crippen LogP contribution in [0.3, 0.4) is 0 Å². The van der Waals surface area contributed by atoms with Gasteiger partial charge >= 0.3 is 6.09 Å². The predicted octanol–water partition coefficient (Wildman–Crippen LogP) is 4.02. The summed E-state index contributed by atoms with van der Waals surface area (Å²) in [6.07, 6.45) is 4.33. The second-order valence-electron chi connectivity index (χ2n) is 8.93. The molecule has 5 rings (SSSR count). The number of carbonyl (C=O) groups excluding carboxylic acids is 1. The zero-order valence-corrected chi connectivity index (χ0v) is 18.7. The monoisotopic (exact) mass is 472 g/mol. The lowest BCUT2D eigenvalue weighted by Crippen LogP contribution is -2.58. The third-order valence-corrected chi connectivity index (χ3v) is 6.58. The number of anilines is 2. The fourth-order valence-corrected chi connectivity index (χ4v) is 4.02. The summed E-state index contributed by atoms with van der Waals surface area (Å²) >= 11 is 6.17. The molecule has 3 aliphatic rings. The summed E-state index contributed by atoms with van der Waals surface area (Å²) in [6.45, 7) is 3.21. The summed E-state index contributed by atoms with van der Waals surface area (Å²) in [5.41, 5.74) is 0.0895. The van der Waals surface area contributed by atoms with Crippen molar-refractivity contribution in [1.29, 1.82) is 5.26 Å². The quantitative estimate of drug-likeness (QED) is 0.696. The number of nitrogens with one attached hydrogen (secondary N) is 1. The molecule has 0 unspecified atom stereocenters. The Hall–Kier alpha value is -3.16. The zero-order valence-electron chi connectivity index (χ0n) is 18.0. The number of halogens is 2. The van der Waals surface area contributed by atoms with Crippen molar-refractivity contribution >= 4 is 29.2 Å². The molecule has 2 saturated carbocycles. The summed E-state index contributed by atoms with van der Waals surface area (Å²) in [6, 6.07) is 6.61. The number of benzene rings is 1. The maximum atomic E-state index is 15.1. The second-order valence-corrected chi connectivity index (χ2v) is 9.34. The smallest absolute Gasteiger partial charge is 0.410 e. The van der Waals surface area contributed by atoms with Crippen LogP contribution < -0.4 is 10.2 Å². The highest BCUT2D eigenvalue weighted by Crippen LogP contribution is 2.46. The number of hydrogen-bond acceptors (Lipinski definition) is 8. The van der Waals surface area contributed by atoms with E-state index in [4.69, 9.17) is 26.4 Å². The first-order valence-corrected chi connectivity index (χ1v) is 11.1. The third-order valence-electron chi connectivity index (χ3n) is 6.27. The summed E-state index contributed by atoms with van der Waals surface area (Å²) in [5, 5.41) is 13.8. The summed E-state index contributed by atoms with van der Waals surface area (Å²) < 4.78 is 20.7. The predicted molar refractivity (Wildman–Crippen MR) is 116 cm³/mol. The van der Waals surface area contributed by atoms with Crippen molar-refractivity contribution in [1.82, 2.24) is 19.9 Å². The average molecular weight is 473 g/mol. The van der Waals surface area contributed by atoms with Crippen molar-refractivity contribution in [2.24, 2.45) is 0 Å². The Morgan fingerprint density at radius 1 is 1.27 bits per heavy atom. The first kappa shape index (κ1) is 21.7. The van der Waals surface area contributed by atoms with Gasteiger partial charge < -0.3 is 19.8 Å². The van der Waals surface area contributed by atoms with E-state index in [-0.39, 0.29) is 34.0 Å². The molecule has 1 aromatic heterocycles. The van der Waals surface area contributed by atoms with Crippen LogP contribution >= 0.6 is 11.6 Å². The molecule has 9 nitrogen and oxygen atoms in total. The molecule has 0 radical (unpaired) electrons. The van der Waals surface area contributed by atoms with Gasteiger partial charge in [-0.15, -0.1) is 5.06 Å². The maximum Gasteiger partial charge on any atom is 0.410 e. The van der Waals surface area contributed by atoms with E-state index >= 15 is 4.39 Å². The van der Waals surface area contributed by atoms with Gasteiger partial charge in [0, 0.05) is 13.1 Å². The van der Waals surface area contributed by atoms with Crippen LogP contribution in [0.1, 0.15) is 38.2 Å². The van der Waals surface area contributed by atoms with Crippen molar-refractivity contribution in [2.45, 2.75) is 43.7 Å². The van der Waals surface area contributed by atoms with Gasteiger partial charge in [-0.3, -0.25) is 0 Å². The van der Waals surface area contributed by atoms with Crippen LogP contribution in [0, 0.1) is 17.1 Å². The Kier molecular flexibility index (Phi) is 5.26. The molecule has 1 aromatic carbocycles. The van der Waals surface area contributed by atoms with Crippen molar-refractivity contribution in [3.8, 4) is 11.9 Å². The van der Waals surface area contributed by atoms with E-state index in [0.717, 1.165) is 25.7 Å². The average Bonchev–Trinajstić information content (AvgIpc) is 3.72. The number of aromatic nitrogens is 2. The van der Waals surface area contributed by atoms with Crippen LogP contribution in [0.15, 0.2) is 24.5 Å². The van der Waals surface area contributed by atoms with Gasteiger partial charge in [-0.25, -0.2) is 9.78 Å². The van der Waals surface area contributed by atoms with Crippen LogP contribution in [0.25, 0.3) is 0 Å². The molecule has 3 fully saturated rings.